The van der Waals surface area contributed by atoms with E-state index in [0.717, 1.165) is 37.8 Å². The first kappa shape index (κ1) is 15.1. The van der Waals surface area contributed by atoms with Gasteiger partial charge in [0.1, 0.15) is 0 Å². The van der Waals surface area contributed by atoms with Crippen molar-refractivity contribution in [1.82, 2.24) is 5.32 Å². The molecular weight excluding hydrogens is 281 g/mol. The van der Waals surface area contributed by atoms with Crippen molar-refractivity contribution in [3.8, 4) is 0 Å². The number of nitrogens with one attached hydrogen (secondary N) is 1. The number of hydrogen-bond acceptors (Lipinski definition) is 2. The van der Waals surface area contributed by atoms with Gasteiger partial charge in [-0.3, -0.25) is 0 Å². The Labute approximate surface area is 125 Å². The van der Waals surface area contributed by atoms with Crippen molar-refractivity contribution in [3.63, 3.8) is 0 Å². The molecule has 2 atom stereocenters. The molecule has 0 amide bonds. The molecule has 4 heteroatoms. The standard InChI is InChI=1S/C15H21Cl2NO/c1-14(19)6-3-7-15(9-14,10-18-2)11-4-5-12(16)13(17)8-11/h4-5,8,18-19H,3,6-7,9-10H2,1-2H3/t14-,15-/m0/s1. The lowest BCUT2D eigenvalue weighted by Gasteiger charge is -2.44. The van der Waals surface area contributed by atoms with Crippen molar-refractivity contribution >= 4 is 23.2 Å². The zero-order valence-electron chi connectivity index (χ0n) is 11.5. The van der Waals surface area contributed by atoms with Crippen LogP contribution in [0.5, 0.6) is 0 Å². The summed E-state index contributed by atoms with van der Waals surface area (Å²) < 4.78 is 0. The molecule has 0 unspecified atom stereocenters. The van der Waals surface area contributed by atoms with E-state index >= 15 is 0 Å². The third-order valence-electron chi connectivity index (χ3n) is 4.14. The molecule has 1 saturated carbocycles. The van der Waals surface area contributed by atoms with Gasteiger partial charge in [0.05, 0.1) is 15.6 Å². The van der Waals surface area contributed by atoms with E-state index in [-0.39, 0.29) is 5.41 Å². The van der Waals surface area contributed by atoms with Crippen LogP contribution in [-0.2, 0) is 5.41 Å². The van der Waals surface area contributed by atoms with E-state index < -0.39 is 5.60 Å². The summed E-state index contributed by atoms with van der Waals surface area (Å²) in [5.41, 5.74) is 0.489. The van der Waals surface area contributed by atoms with Gasteiger partial charge in [-0.05, 0) is 57.4 Å². The Balaban J connectivity index is 2.40. The SMILES string of the molecule is CNC[C@]1(c2ccc(Cl)c(Cl)c2)CCC[C@](C)(O)C1. The van der Waals surface area contributed by atoms with Crippen LogP contribution in [0.25, 0.3) is 0 Å². The molecule has 0 heterocycles. The fourth-order valence-corrected chi connectivity index (χ4v) is 3.68. The molecule has 2 nitrogen and oxygen atoms in total. The van der Waals surface area contributed by atoms with E-state index in [1.54, 1.807) is 0 Å². The largest absolute Gasteiger partial charge is 0.390 e. The van der Waals surface area contributed by atoms with Gasteiger partial charge in [0, 0.05) is 12.0 Å². The van der Waals surface area contributed by atoms with Gasteiger partial charge in [-0.1, -0.05) is 29.3 Å². The van der Waals surface area contributed by atoms with Gasteiger partial charge in [0.25, 0.3) is 0 Å². The first-order chi connectivity index (χ1) is 8.88. The third-order valence-corrected chi connectivity index (χ3v) is 4.88. The van der Waals surface area contributed by atoms with E-state index in [2.05, 4.69) is 5.32 Å². The summed E-state index contributed by atoms with van der Waals surface area (Å²) in [6.45, 7) is 2.76. The second-order valence-corrected chi connectivity index (χ2v) is 6.78. The Morgan fingerprint density at radius 2 is 2.00 bits per heavy atom. The van der Waals surface area contributed by atoms with Crippen molar-refractivity contribution in [1.29, 1.82) is 0 Å². The highest BCUT2D eigenvalue weighted by atomic mass is 35.5. The Bertz CT molecular complexity index is 457. The van der Waals surface area contributed by atoms with E-state index in [1.165, 1.54) is 0 Å². The average Bonchev–Trinajstić information content (AvgIpc) is 2.31. The smallest absolute Gasteiger partial charge is 0.0628 e. The Morgan fingerprint density at radius 3 is 2.58 bits per heavy atom. The normalized spacial score (nSPS) is 31.4. The van der Waals surface area contributed by atoms with Gasteiger partial charge in [-0.25, -0.2) is 0 Å². The maximum absolute atomic E-state index is 10.4. The Morgan fingerprint density at radius 1 is 1.26 bits per heavy atom. The highest BCUT2D eigenvalue weighted by molar-refractivity contribution is 6.42. The van der Waals surface area contributed by atoms with E-state index in [9.17, 15) is 5.11 Å². The minimum absolute atomic E-state index is 0.0648. The molecule has 19 heavy (non-hydrogen) atoms. The predicted molar refractivity (Wildman–Crippen MR) is 81.2 cm³/mol. The summed E-state index contributed by atoms with van der Waals surface area (Å²) >= 11 is 12.2. The predicted octanol–water partition coefficient (Wildman–Crippen LogP) is 3.78. The van der Waals surface area contributed by atoms with Crippen LogP contribution in [0.3, 0.4) is 0 Å². The fraction of sp³-hybridized carbons (Fsp3) is 0.600. The van der Waals surface area contributed by atoms with Gasteiger partial charge in [-0.15, -0.1) is 0 Å². The minimum atomic E-state index is -0.610. The summed E-state index contributed by atoms with van der Waals surface area (Å²) in [5.74, 6) is 0. The first-order valence-corrected chi connectivity index (χ1v) is 7.47. The summed E-state index contributed by atoms with van der Waals surface area (Å²) in [6.07, 6.45) is 3.69. The van der Waals surface area contributed by atoms with E-state index in [4.69, 9.17) is 23.2 Å². The van der Waals surface area contributed by atoms with E-state index in [0.29, 0.717) is 10.0 Å². The topological polar surface area (TPSA) is 32.3 Å². The summed E-state index contributed by atoms with van der Waals surface area (Å²) in [5, 5.41) is 14.9. The average molecular weight is 302 g/mol. The molecule has 2 rings (SSSR count). The van der Waals surface area contributed by atoms with Crippen molar-refractivity contribution in [3.05, 3.63) is 33.8 Å². The first-order valence-electron chi connectivity index (χ1n) is 6.71. The fourth-order valence-electron chi connectivity index (χ4n) is 3.38. The van der Waals surface area contributed by atoms with Crippen LogP contribution in [0, 0.1) is 0 Å². The van der Waals surface area contributed by atoms with Gasteiger partial charge < -0.3 is 10.4 Å². The van der Waals surface area contributed by atoms with Gasteiger partial charge >= 0.3 is 0 Å². The molecule has 0 saturated heterocycles. The summed E-state index contributed by atoms with van der Waals surface area (Å²) in [7, 11) is 1.95. The van der Waals surface area contributed by atoms with Crippen molar-refractivity contribution in [2.24, 2.45) is 0 Å². The molecule has 1 aliphatic rings. The van der Waals surface area contributed by atoms with Crippen LogP contribution >= 0.6 is 23.2 Å². The van der Waals surface area contributed by atoms with E-state index in [1.807, 2.05) is 32.2 Å². The molecule has 0 spiro atoms. The lowest BCUT2D eigenvalue weighted by Crippen LogP contribution is -2.47. The van der Waals surface area contributed by atoms with Gasteiger partial charge in [0.15, 0.2) is 0 Å². The maximum Gasteiger partial charge on any atom is 0.0628 e. The molecule has 1 aromatic carbocycles. The zero-order valence-corrected chi connectivity index (χ0v) is 13.0. The molecule has 1 fully saturated rings. The third kappa shape index (κ3) is 3.25. The zero-order chi connectivity index (χ0) is 14.1. The van der Waals surface area contributed by atoms with Crippen molar-refractivity contribution < 1.29 is 5.11 Å². The van der Waals surface area contributed by atoms with Gasteiger partial charge in [0.2, 0.25) is 0 Å². The minimum Gasteiger partial charge on any atom is -0.390 e. The number of halogens is 2. The number of aliphatic hydroxyl groups is 1. The van der Waals surface area contributed by atoms with Crippen LogP contribution in [0.15, 0.2) is 18.2 Å². The molecular formula is C15H21Cl2NO. The lowest BCUT2D eigenvalue weighted by molar-refractivity contribution is -0.00966. The van der Waals surface area contributed by atoms with Gasteiger partial charge in [-0.2, -0.15) is 0 Å². The number of rotatable bonds is 3. The van der Waals surface area contributed by atoms with Crippen molar-refractivity contribution in [2.45, 2.75) is 43.6 Å². The molecule has 1 aromatic rings. The Kier molecular flexibility index (Phi) is 4.46. The quantitative estimate of drug-likeness (QED) is 0.890. The Hall–Kier alpha value is -0.280. The molecule has 2 N–H and O–H groups in total. The highest BCUT2D eigenvalue weighted by Crippen LogP contribution is 2.44. The highest BCUT2D eigenvalue weighted by Gasteiger charge is 2.42. The molecule has 0 aromatic heterocycles. The van der Waals surface area contributed by atoms with Crippen LogP contribution in [0.4, 0.5) is 0 Å². The number of benzene rings is 1. The summed E-state index contributed by atoms with van der Waals surface area (Å²) in [4.78, 5) is 0. The number of hydrogen-bond donors (Lipinski definition) is 2. The molecule has 106 valence electrons. The molecule has 0 bridgehead atoms. The van der Waals surface area contributed by atoms with Crippen LogP contribution in [-0.4, -0.2) is 24.3 Å². The second kappa shape index (κ2) is 5.61. The van der Waals surface area contributed by atoms with Crippen LogP contribution in [0.2, 0.25) is 10.0 Å². The summed E-state index contributed by atoms with van der Waals surface area (Å²) in [6, 6.07) is 5.83. The van der Waals surface area contributed by atoms with Crippen molar-refractivity contribution in [2.75, 3.05) is 13.6 Å². The molecule has 0 aliphatic heterocycles. The lowest BCUT2D eigenvalue weighted by atomic mass is 9.64. The number of likely N-dealkylation sites (N-methyl/N-ethyl adjacent to an activating group) is 1. The van der Waals surface area contributed by atoms with Crippen LogP contribution in [0.1, 0.15) is 38.2 Å². The monoisotopic (exact) mass is 301 g/mol. The van der Waals surface area contributed by atoms with Crippen LogP contribution < -0.4 is 5.32 Å². The maximum atomic E-state index is 10.4. The molecule has 0 radical (unpaired) electrons. The second-order valence-electron chi connectivity index (χ2n) is 5.97. The molecule has 1 aliphatic carbocycles.